The number of aromatic nitrogens is 2. The van der Waals surface area contributed by atoms with E-state index in [0.29, 0.717) is 123 Å². The van der Waals surface area contributed by atoms with Crippen LogP contribution in [-0.4, -0.2) is 9.13 Å². The number of nitriles is 5. The van der Waals surface area contributed by atoms with E-state index in [4.69, 9.17) is 32.9 Å². The Kier molecular flexibility index (Phi) is 12.1. The van der Waals surface area contributed by atoms with Gasteiger partial charge in [-0.2, -0.15) is 26.3 Å². The quantitative estimate of drug-likeness (QED) is 0.146. The molecule has 0 aliphatic heterocycles. The van der Waals surface area contributed by atoms with E-state index in [1.807, 2.05) is 100 Å². The summed E-state index contributed by atoms with van der Waals surface area (Å²) in [6, 6.07) is 65.8. The maximum atomic E-state index is 12.1. The molecule has 370 valence electrons. The van der Waals surface area contributed by atoms with Gasteiger partial charge in [-0.1, -0.05) is 115 Å². The van der Waals surface area contributed by atoms with Gasteiger partial charge >= 0.3 is 0 Å². The minimum absolute atomic E-state index is 0.214. The van der Waals surface area contributed by atoms with Crippen molar-refractivity contribution >= 4 is 72.0 Å². The Bertz CT molecular complexity index is 4750. The molecule has 82 heavy (non-hydrogen) atoms. The van der Waals surface area contributed by atoms with E-state index in [9.17, 15) is 26.3 Å². The SMILES string of the molecule is [C-]#[N+]c1ccc(-c2ccc3c4ccc(-c5ccc(C#N)cc5C#N)cc4n(-c4cc(-c5cccc(C#N)c5)cc(-n5c6cc(-c7ccc([N+]#[C-])cc7[N+]#[C-])ccc6c6ccc(-c7ccc([N+]#[C-])cc7[N+]#[C-])cc65)c4C#N)c3c2)c(C#N)c1. The molecule has 12 aromatic rings. The molecule has 0 saturated carbocycles. The molecule has 0 unspecified atom stereocenters. The molecule has 0 N–H and O–H groups in total. The lowest BCUT2D eigenvalue weighted by Crippen LogP contribution is -2.05. The maximum Gasteiger partial charge on any atom is 0.188 e. The van der Waals surface area contributed by atoms with Crippen molar-refractivity contribution < 1.29 is 0 Å². The molecule has 2 aromatic heterocycles. The summed E-state index contributed by atoms with van der Waals surface area (Å²) in [7, 11) is 0. The van der Waals surface area contributed by atoms with Crippen LogP contribution in [0.25, 0.3) is 135 Å². The van der Waals surface area contributed by atoms with Crippen molar-refractivity contribution in [2.45, 2.75) is 0 Å². The molecular formula is C70H30N12. The van der Waals surface area contributed by atoms with Crippen LogP contribution in [0.2, 0.25) is 0 Å². The summed E-state index contributed by atoms with van der Waals surface area (Å²) in [4.78, 5) is 18.4. The second-order valence-electron chi connectivity index (χ2n) is 19.1. The standard InChI is InChI=1S/C70H30N12/c1-76-51-14-22-55(50(27-51)39-74)45-11-19-59-58-18-10-44(54-17-9-42(37-72)26-49(54)38-73)28-65(58)81(66(59)29-45)69-32-48(43-8-6-7-41(25-43)36-71)33-70(62(69)40-75)82-67-30-46(56-23-15-52(77-2)34-63(56)79-4)12-20-60(67)61-21-13-47(31-68(61)82)57-24-16-53(78-3)35-64(57)80-5/h6-35H. The van der Waals surface area contributed by atoms with Gasteiger partial charge in [0.2, 0.25) is 0 Å². The Labute approximate surface area is 469 Å². The number of hydrogen-bond donors (Lipinski definition) is 0. The molecule has 0 atom stereocenters. The zero-order chi connectivity index (χ0) is 56.8. The van der Waals surface area contributed by atoms with Crippen molar-refractivity contribution in [1.82, 2.24) is 9.13 Å². The fourth-order valence-electron chi connectivity index (χ4n) is 11.0. The van der Waals surface area contributed by atoms with Crippen LogP contribution in [0.15, 0.2) is 182 Å². The highest BCUT2D eigenvalue weighted by molar-refractivity contribution is 6.14. The van der Waals surface area contributed by atoms with E-state index in [1.54, 1.807) is 91.0 Å². The Hall–Kier alpha value is -13.3. The van der Waals surface area contributed by atoms with Crippen LogP contribution in [-0.2, 0) is 0 Å². The third-order valence-corrected chi connectivity index (χ3v) is 14.8. The molecule has 0 aliphatic rings. The average Bonchev–Trinajstić information content (AvgIpc) is 4.23. The summed E-state index contributed by atoms with van der Waals surface area (Å²) in [6.07, 6.45) is 0. The van der Waals surface area contributed by atoms with E-state index in [1.165, 1.54) is 0 Å². The van der Waals surface area contributed by atoms with Gasteiger partial charge in [0.25, 0.3) is 0 Å². The molecule has 12 rings (SSSR count). The molecule has 2 heterocycles. The van der Waals surface area contributed by atoms with Crippen LogP contribution in [0, 0.1) is 89.5 Å². The maximum absolute atomic E-state index is 12.1. The molecule has 0 aliphatic carbocycles. The van der Waals surface area contributed by atoms with Crippen LogP contribution < -0.4 is 0 Å². The summed E-state index contributed by atoms with van der Waals surface area (Å²) < 4.78 is 4.01. The first-order valence-corrected chi connectivity index (χ1v) is 25.1. The zero-order valence-corrected chi connectivity index (χ0v) is 42.7. The van der Waals surface area contributed by atoms with Gasteiger partial charge in [-0.15, -0.1) is 0 Å². The highest BCUT2D eigenvalue weighted by atomic mass is 15.0. The lowest BCUT2D eigenvalue weighted by Gasteiger charge is -2.19. The van der Waals surface area contributed by atoms with Crippen LogP contribution >= 0.6 is 0 Å². The first-order chi connectivity index (χ1) is 40.2. The number of nitrogens with zero attached hydrogens (tertiary/aromatic N) is 12. The number of rotatable bonds is 7. The largest absolute Gasteiger partial charge is 0.308 e. The number of hydrogen-bond acceptors (Lipinski definition) is 5. The van der Waals surface area contributed by atoms with Crippen LogP contribution in [0.4, 0.5) is 28.4 Å². The van der Waals surface area contributed by atoms with Gasteiger partial charge in [0.1, 0.15) is 11.6 Å². The Balaban J connectivity index is 1.25. The predicted octanol–water partition coefficient (Wildman–Crippen LogP) is 18.3. The van der Waals surface area contributed by atoms with E-state index >= 15 is 0 Å². The highest BCUT2D eigenvalue weighted by Gasteiger charge is 2.25. The summed E-state index contributed by atoms with van der Waals surface area (Å²) in [6.45, 7) is 39.3. The zero-order valence-electron chi connectivity index (χ0n) is 42.7. The average molecular weight is 1040 g/mol. The van der Waals surface area contributed by atoms with Gasteiger partial charge in [-0.05, 0) is 122 Å². The van der Waals surface area contributed by atoms with Crippen molar-refractivity contribution in [3.05, 3.63) is 267 Å². The normalized spacial score (nSPS) is 10.6. The second kappa shape index (κ2) is 20.0. The third kappa shape index (κ3) is 8.09. The Morgan fingerprint density at radius 3 is 1.12 bits per heavy atom. The van der Waals surface area contributed by atoms with Crippen molar-refractivity contribution in [3.63, 3.8) is 0 Å². The van der Waals surface area contributed by atoms with Gasteiger partial charge in [0.15, 0.2) is 28.4 Å². The van der Waals surface area contributed by atoms with Crippen LogP contribution in [0.3, 0.4) is 0 Å². The smallest absolute Gasteiger partial charge is 0.188 e. The lowest BCUT2D eigenvalue weighted by atomic mass is 9.96. The van der Waals surface area contributed by atoms with E-state index < -0.39 is 0 Å². The molecule has 12 nitrogen and oxygen atoms in total. The molecule has 0 amide bonds. The molecule has 12 heteroatoms. The predicted molar refractivity (Wildman–Crippen MR) is 317 cm³/mol. The third-order valence-electron chi connectivity index (χ3n) is 14.8. The molecule has 0 radical (unpaired) electrons. The second-order valence-corrected chi connectivity index (χ2v) is 19.1. The van der Waals surface area contributed by atoms with E-state index in [-0.39, 0.29) is 22.5 Å². The highest BCUT2D eigenvalue weighted by Crippen LogP contribution is 2.46. The van der Waals surface area contributed by atoms with Gasteiger partial charge in [-0.3, -0.25) is 0 Å². The molecule has 10 aromatic carbocycles. The van der Waals surface area contributed by atoms with Crippen molar-refractivity contribution in [2.24, 2.45) is 0 Å². The fraction of sp³-hybridized carbons (Fsp3) is 0. The fourth-order valence-corrected chi connectivity index (χ4v) is 11.0. The molecule has 0 spiro atoms. The first-order valence-electron chi connectivity index (χ1n) is 25.1. The molecule has 0 fully saturated rings. The van der Waals surface area contributed by atoms with E-state index in [0.717, 1.165) is 21.5 Å². The first kappa shape index (κ1) is 49.6. The van der Waals surface area contributed by atoms with Gasteiger partial charge in [0.05, 0.1) is 107 Å². The molecule has 0 saturated heterocycles. The van der Waals surface area contributed by atoms with Crippen molar-refractivity contribution in [2.75, 3.05) is 0 Å². The minimum atomic E-state index is 0.214. The van der Waals surface area contributed by atoms with Crippen LogP contribution in [0.1, 0.15) is 27.8 Å². The molecular weight excluding hydrogens is 1010 g/mol. The number of fused-ring (bicyclic) bond motifs is 6. The summed E-state index contributed by atoms with van der Waals surface area (Å²) in [5.41, 5.74) is 12.8. The van der Waals surface area contributed by atoms with Gasteiger partial charge in [-0.25, -0.2) is 24.2 Å². The van der Waals surface area contributed by atoms with Crippen LogP contribution in [0.5, 0.6) is 0 Å². The van der Waals surface area contributed by atoms with Gasteiger partial charge < -0.3 is 9.13 Å². The van der Waals surface area contributed by atoms with E-state index in [2.05, 4.69) is 54.6 Å². The summed E-state index contributed by atoms with van der Waals surface area (Å²) >= 11 is 0. The summed E-state index contributed by atoms with van der Waals surface area (Å²) in [5, 5.41) is 56.2. The topological polar surface area (TPSA) is 151 Å². The van der Waals surface area contributed by atoms with Crippen molar-refractivity contribution in [1.29, 1.82) is 26.3 Å². The Morgan fingerprint density at radius 1 is 0.305 bits per heavy atom. The monoisotopic (exact) mass is 1040 g/mol. The molecule has 0 bridgehead atoms. The van der Waals surface area contributed by atoms with Gasteiger partial charge in [0, 0.05) is 27.1 Å². The summed E-state index contributed by atoms with van der Waals surface area (Å²) in [5.74, 6) is 0. The Morgan fingerprint density at radius 2 is 0.707 bits per heavy atom. The van der Waals surface area contributed by atoms with Crippen molar-refractivity contribution in [3.8, 4) is 97.4 Å². The number of benzene rings is 10. The minimum Gasteiger partial charge on any atom is -0.308 e. The lowest BCUT2D eigenvalue weighted by molar-refractivity contribution is 1.12.